The van der Waals surface area contributed by atoms with Gasteiger partial charge in [0.15, 0.2) is 5.82 Å². The summed E-state index contributed by atoms with van der Waals surface area (Å²) in [5.41, 5.74) is 2.51. The Bertz CT molecular complexity index is 856. The van der Waals surface area contributed by atoms with E-state index < -0.39 is 0 Å². The molecule has 0 saturated carbocycles. The topological polar surface area (TPSA) is 71.3 Å². The molecule has 0 unspecified atom stereocenters. The molecule has 1 N–H and O–H groups in total. The predicted octanol–water partition coefficient (Wildman–Crippen LogP) is 3.04. The van der Waals surface area contributed by atoms with Crippen LogP contribution in [0.5, 0.6) is 0 Å². The highest BCUT2D eigenvalue weighted by atomic mass is 16.3. The Morgan fingerprint density at radius 3 is 2.60 bits per heavy atom. The number of hydrogen-bond donors (Lipinski definition) is 1. The fourth-order valence-electron chi connectivity index (χ4n) is 2.39. The van der Waals surface area contributed by atoms with Crippen LogP contribution in [-0.4, -0.2) is 30.0 Å². The number of aromatic nitrogens is 2. The molecule has 3 aromatic rings. The van der Waals surface area contributed by atoms with Gasteiger partial charge in [0.25, 0.3) is 5.91 Å². The summed E-state index contributed by atoms with van der Waals surface area (Å²) in [7, 11) is 3.70. The van der Waals surface area contributed by atoms with Gasteiger partial charge in [-0.3, -0.25) is 4.79 Å². The SMILES string of the molecule is Cc1ccc(-c2ncc(C(=O)NCc3ccco3)c(N(C)C)n2)cc1. The zero-order valence-corrected chi connectivity index (χ0v) is 14.5. The number of nitrogens with one attached hydrogen (secondary N) is 1. The number of carbonyl (C=O) groups excluding carboxylic acids is 1. The summed E-state index contributed by atoms with van der Waals surface area (Å²) in [6.45, 7) is 2.35. The van der Waals surface area contributed by atoms with E-state index in [0.717, 1.165) is 5.56 Å². The third-order valence-electron chi connectivity index (χ3n) is 3.75. The van der Waals surface area contributed by atoms with Crippen molar-refractivity contribution in [3.8, 4) is 11.4 Å². The van der Waals surface area contributed by atoms with Gasteiger partial charge in [-0.25, -0.2) is 9.97 Å². The van der Waals surface area contributed by atoms with Crippen molar-refractivity contribution in [2.24, 2.45) is 0 Å². The minimum absolute atomic E-state index is 0.240. The lowest BCUT2D eigenvalue weighted by atomic mass is 10.1. The molecule has 1 aromatic carbocycles. The van der Waals surface area contributed by atoms with Crippen molar-refractivity contribution in [3.05, 3.63) is 65.7 Å². The van der Waals surface area contributed by atoms with Gasteiger partial charge in [-0.15, -0.1) is 0 Å². The van der Waals surface area contributed by atoms with E-state index in [1.165, 1.54) is 5.56 Å². The first-order chi connectivity index (χ1) is 12.0. The Kier molecular flexibility index (Phi) is 4.79. The second kappa shape index (κ2) is 7.17. The van der Waals surface area contributed by atoms with Gasteiger partial charge in [0.05, 0.1) is 12.8 Å². The molecule has 2 heterocycles. The van der Waals surface area contributed by atoms with Crippen LogP contribution in [0, 0.1) is 6.92 Å². The van der Waals surface area contributed by atoms with Gasteiger partial charge >= 0.3 is 0 Å². The summed E-state index contributed by atoms with van der Waals surface area (Å²) < 4.78 is 5.23. The van der Waals surface area contributed by atoms with Gasteiger partial charge in [0.2, 0.25) is 0 Å². The van der Waals surface area contributed by atoms with Gasteiger partial charge in [-0.1, -0.05) is 29.8 Å². The molecule has 0 spiro atoms. The summed E-state index contributed by atoms with van der Waals surface area (Å²) in [5.74, 6) is 1.61. The summed E-state index contributed by atoms with van der Waals surface area (Å²) in [4.78, 5) is 23.2. The number of furan rings is 1. The third kappa shape index (κ3) is 3.85. The highest BCUT2D eigenvalue weighted by Gasteiger charge is 2.17. The Hall–Kier alpha value is -3.15. The van der Waals surface area contributed by atoms with E-state index in [-0.39, 0.29) is 5.91 Å². The molecule has 0 atom stereocenters. The summed E-state index contributed by atoms with van der Waals surface area (Å²) >= 11 is 0. The van der Waals surface area contributed by atoms with E-state index in [0.29, 0.717) is 29.5 Å². The van der Waals surface area contributed by atoms with Crippen LogP contribution < -0.4 is 10.2 Å². The molecule has 0 fully saturated rings. The number of amides is 1. The quantitative estimate of drug-likeness (QED) is 0.775. The normalized spacial score (nSPS) is 10.5. The molecule has 0 aliphatic rings. The van der Waals surface area contributed by atoms with Crippen LogP contribution in [0.25, 0.3) is 11.4 Å². The molecule has 128 valence electrons. The van der Waals surface area contributed by atoms with Gasteiger partial charge in [0, 0.05) is 25.9 Å². The molecule has 0 saturated heterocycles. The maximum absolute atomic E-state index is 12.5. The first kappa shape index (κ1) is 16.7. The maximum Gasteiger partial charge on any atom is 0.256 e. The van der Waals surface area contributed by atoms with Gasteiger partial charge in [-0.05, 0) is 19.1 Å². The molecule has 2 aromatic heterocycles. The molecule has 0 radical (unpaired) electrons. The van der Waals surface area contributed by atoms with Crippen molar-refractivity contribution in [2.75, 3.05) is 19.0 Å². The lowest BCUT2D eigenvalue weighted by molar-refractivity contribution is 0.0948. The number of nitrogens with zero attached hydrogens (tertiary/aromatic N) is 3. The zero-order chi connectivity index (χ0) is 17.8. The number of hydrogen-bond acceptors (Lipinski definition) is 5. The van der Waals surface area contributed by atoms with Crippen molar-refractivity contribution >= 4 is 11.7 Å². The molecule has 6 nitrogen and oxygen atoms in total. The van der Waals surface area contributed by atoms with Crippen LogP contribution in [0.3, 0.4) is 0 Å². The number of rotatable bonds is 5. The van der Waals surface area contributed by atoms with Crippen molar-refractivity contribution in [1.29, 1.82) is 0 Å². The molecule has 0 bridgehead atoms. The minimum Gasteiger partial charge on any atom is -0.467 e. The fraction of sp³-hybridized carbons (Fsp3) is 0.211. The number of benzene rings is 1. The molecule has 3 rings (SSSR count). The van der Waals surface area contributed by atoms with Crippen molar-refractivity contribution in [1.82, 2.24) is 15.3 Å². The second-order valence-electron chi connectivity index (χ2n) is 5.95. The van der Waals surface area contributed by atoms with Crippen molar-refractivity contribution in [2.45, 2.75) is 13.5 Å². The highest BCUT2D eigenvalue weighted by molar-refractivity contribution is 5.98. The number of anilines is 1. The van der Waals surface area contributed by atoms with Crippen molar-refractivity contribution in [3.63, 3.8) is 0 Å². The van der Waals surface area contributed by atoms with E-state index >= 15 is 0 Å². The Morgan fingerprint density at radius 1 is 1.20 bits per heavy atom. The van der Waals surface area contributed by atoms with Crippen LogP contribution in [0.15, 0.2) is 53.3 Å². The van der Waals surface area contributed by atoms with E-state index in [1.807, 2.05) is 51.4 Å². The van der Waals surface area contributed by atoms with Gasteiger partial charge in [-0.2, -0.15) is 0 Å². The predicted molar refractivity (Wildman–Crippen MR) is 96.4 cm³/mol. The Morgan fingerprint density at radius 2 is 1.96 bits per heavy atom. The van der Waals surface area contributed by atoms with Crippen LogP contribution in [0.2, 0.25) is 0 Å². The average Bonchev–Trinajstić information content (AvgIpc) is 3.13. The summed E-state index contributed by atoms with van der Waals surface area (Å²) in [6, 6.07) is 11.6. The third-order valence-corrected chi connectivity index (χ3v) is 3.75. The molecular weight excluding hydrogens is 316 g/mol. The zero-order valence-electron chi connectivity index (χ0n) is 14.5. The van der Waals surface area contributed by atoms with Gasteiger partial charge < -0.3 is 14.6 Å². The molecular formula is C19H20N4O2. The van der Waals surface area contributed by atoms with Crippen LogP contribution in [0.1, 0.15) is 21.7 Å². The molecule has 25 heavy (non-hydrogen) atoms. The molecule has 6 heteroatoms. The maximum atomic E-state index is 12.5. The van der Waals surface area contributed by atoms with Gasteiger partial charge in [0.1, 0.15) is 17.1 Å². The van der Waals surface area contributed by atoms with E-state index in [4.69, 9.17) is 4.42 Å². The van der Waals surface area contributed by atoms with Crippen LogP contribution >= 0.6 is 0 Å². The average molecular weight is 336 g/mol. The largest absolute Gasteiger partial charge is 0.467 e. The first-order valence-corrected chi connectivity index (χ1v) is 7.96. The number of aryl methyl sites for hydroxylation is 1. The molecule has 1 amide bonds. The monoisotopic (exact) mass is 336 g/mol. The first-order valence-electron chi connectivity index (χ1n) is 7.96. The van der Waals surface area contributed by atoms with E-state index in [2.05, 4.69) is 15.3 Å². The fourth-order valence-corrected chi connectivity index (χ4v) is 2.39. The lowest BCUT2D eigenvalue weighted by Gasteiger charge is -2.16. The second-order valence-corrected chi connectivity index (χ2v) is 5.95. The summed E-state index contributed by atoms with van der Waals surface area (Å²) in [5, 5.41) is 2.82. The minimum atomic E-state index is -0.240. The smallest absolute Gasteiger partial charge is 0.256 e. The molecule has 0 aliphatic carbocycles. The Balaban J connectivity index is 1.86. The van der Waals surface area contributed by atoms with E-state index in [9.17, 15) is 4.79 Å². The Labute approximate surface area is 146 Å². The van der Waals surface area contributed by atoms with Crippen LogP contribution in [0.4, 0.5) is 5.82 Å². The van der Waals surface area contributed by atoms with E-state index in [1.54, 1.807) is 23.4 Å². The summed E-state index contributed by atoms with van der Waals surface area (Å²) in [6.07, 6.45) is 3.14. The van der Waals surface area contributed by atoms with Crippen LogP contribution in [-0.2, 0) is 6.54 Å². The highest BCUT2D eigenvalue weighted by Crippen LogP contribution is 2.21. The molecule has 0 aliphatic heterocycles. The van der Waals surface area contributed by atoms with Crippen molar-refractivity contribution < 1.29 is 9.21 Å². The number of carbonyl (C=O) groups is 1. The lowest BCUT2D eigenvalue weighted by Crippen LogP contribution is -2.26. The standard InChI is InChI=1S/C19H20N4O2/c1-13-6-8-14(9-7-13)17-20-12-16(18(22-17)23(2)3)19(24)21-11-15-5-4-10-25-15/h4-10,12H,11H2,1-3H3,(H,21,24).